The summed E-state index contributed by atoms with van der Waals surface area (Å²) in [5.74, 6) is 1.16. The number of hydrogen-bond acceptors (Lipinski definition) is 4. The van der Waals surface area contributed by atoms with Gasteiger partial charge in [-0.05, 0) is 36.3 Å². The van der Waals surface area contributed by atoms with Gasteiger partial charge in [-0.1, -0.05) is 25.1 Å². The maximum absolute atomic E-state index is 5.55. The molecule has 3 rings (SSSR count). The molecule has 1 fully saturated rings. The average Bonchev–Trinajstić information content (AvgIpc) is 3.11. The first kappa shape index (κ1) is 16.6. The van der Waals surface area contributed by atoms with Crippen LogP contribution in [-0.4, -0.2) is 40.0 Å². The Hall–Kier alpha value is -1.30. The highest BCUT2D eigenvalue weighted by molar-refractivity contribution is 8.00. The summed E-state index contributed by atoms with van der Waals surface area (Å²) in [6, 6.07) is 10.4. The summed E-state index contributed by atoms with van der Waals surface area (Å²) in [5.41, 5.74) is 2.43. The number of thioether (sulfide) groups is 1. The fraction of sp³-hybridized carbons (Fsp3) is 0.500. The van der Waals surface area contributed by atoms with Crippen molar-refractivity contribution in [3.63, 3.8) is 0 Å². The molecule has 0 radical (unpaired) electrons. The summed E-state index contributed by atoms with van der Waals surface area (Å²) in [6.07, 6.45) is 6.09. The molecule has 0 bridgehead atoms. The molecule has 124 valence electrons. The molecule has 1 aromatic heterocycles. The molecule has 0 unspecified atom stereocenters. The van der Waals surface area contributed by atoms with Crippen LogP contribution >= 0.6 is 11.8 Å². The number of benzene rings is 1. The highest BCUT2D eigenvalue weighted by atomic mass is 32.2. The van der Waals surface area contributed by atoms with Crippen LogP contribution in [0.25, 0.3) is 5.69 Å². The summed E-state index contributed by atoms with van der Waals surface area (Å²) < 4.78 is 7.81. The van der Waals surface area contributed by atoms with Gasteiger partial charge in [-0.15, -0.1) is 0 Å². The second-order valence-electron chi connectivity index (χ2n) is 5.91. The molecule has 4 nitrogen and oxygen atoms in total. The van der Waals surface area contributed by atoms with Crippen molar-refractivity contribution in [1.82, 2.24) is 15.1 Å². The first-order valence-electron chi connectivity index (χ1n) is 8.33. The largest absolute Gasteiger partial charge is 0.381 e. The van der Waals surface area contributed by atoms with E-state index in [1.54, 1.807) is 0 Å². The molecule has 1 aliphatic rings. The van der Waals surface area contributed by atoms with Gasteiger partial charge in [-0.25, -0.2) is 4.68 Å². The van der Waals surface area contributed by atoms with Crippen molar-refractivity contribution in [3.8, 4) is 5.69 Å². The van der Waals surface area contributed by atoms with Gasteiger partial charge in [0.25, 0.3) is 0 Å². The lowest BCUT2D eigenvalue weighted by molar-refractivity contribution is 0.0771. The highest BCUT2D eigenvalue weighted by Crippen LogP contribution is 2.34. The predicted molar refractivity (Wildman–Crippen MR) is 96.2 cm³/mol. The van der Waals surface area contributed by atoms with Crippen molar-refractivity contribution >= 4 is 11.8 Å². The quantitative estimate of drug-likeness (QED) is 0.845. The van der Waals surface area contributed by atoms with Crippen molar-refractivity contribution in [1.29, 1.82) is 0 Å². The Morgan fingerprint density at radius 3 is 2.83 bits per heavy atom. The van der Waals surface area contributed by atoms with E-state index >= 15 is 0 Å². The van der Waals surface area contributed by atoms with E-state index in [9.17, 15) is 0 Å². The second-order valence-corrected chi connectivity index (χ2v) is 7.64. The Labute approximate surface area is 142 Å². The Morgan fingerprint density at radius 2 is 2.09 bits per heavy atom. The Balaban J connectivity index is 1.64. The van der Waals surface area contributed by atoms with Gasteiger partial charge in [0.2, 0.25) is 0 Å². The molecular formula is C18H25N3OS. The molecule has 0 amide bonds. The highest BCUT2D eigenvalue weighted by Gasteiger charge is 2.32. The molecule has 1 saturated heterocycles. The van der Waals surface area contributed by atoms with E-state index < -0.39 is 0 Å². The van der Waals surface area contributed by atoms with Crippen molar-refractivity contribution in [3.05, 3.63) is 48.3 Å². The van der Waals surface area contributed by atoms with E-state index in [0.717, 1.165) is 50.6 Å². The van der Waals surface area contributed by atoms with Crippen molar-refractivity contribution in [2.75, 3.05) is 25.5 Å². The SMILES string of the molecule is CCSC1(CNCc2ccccc2-n2cccn2)CCOCC1. The number of nitrogens with one attached hydrogen (secondary N) is 1. The fourth-order valence-corrected chi connectivity index (χ4v) is 4.41. The van der Waals surface area contributed by atoms with Gasteiger partial charge in [0.1, 0.15) is 0 Å². The summed E-state index contributed by atoms with van der Waals surface area (Å²) >= 11 is 2.08. The van der Waals surface area contributed by atoms with Gasteiger partial charge in [0, 0.05) is 43.4 Å². The number of hydrogen-bond donors (Lipinski definition) is 1. The molecule has 5 heteroatoms. The van der Waals surface area contributed by atoms with E-state index in [1.165, 1.54) is 5.56 Å². The first-order valence-corrected chi connectivity index (χ1v) is 9.32. The van der Waals surface area contributed by atoms with E-state index in [0.29, 0.717) is 4.75 Å². The molecule has 23 heavy (non-hydrogen) atoms. The molecule has 0 atom stereocenters. The van der Waals surface area contributed by atoms with Crippen LogP contribution in [0.3, 0.4) is 0 Å². The number of para-hydroxylation sites is 1. The standard InChI is InChI=1S/C18H25N3OS/c1-2-23-18(8-12-22-13-9-18)15-19-14-16-6-3-4-7-17(16)21-11-5-10-20-21/h3-7,10-11,19H,2,8-9,12-15H2,1H3. The number of nitrogens with zero attached hydrogens (tertiary/aromatic N) is 2. The summed E-state index contributed by atoms with van der Waals surface area (Å²) in [5, 5.41) is 8.04. The number of rotatable bonds is 7. The van der Waals surface area contributed by atoms with Gasteiger partial charge in [0.05, 0.1) is 5.69 Å². The van der Waals surface area contributed by atoms with Gasteiger partial charge in [-0.2, -0.15) is 16.9 Å². The van der Waals surface area contributed by atoms with Gasteiger partial charge < -0.3 is 10.1 Å². The van der Waals surface area contributed by atoms with E-state index in [1.807, 2.05) is 23.1 Å². The predicted octanol–water partition coefficient (Wildman–Crippen LogP) is 3.26. The van der Waals surface area contributed by atoms with Crippen molar-refractivity contribution in [2.45, 2.75) is 31.1 Å². The zero-order valence-corrected chi connectivity index (χ0v) is 14.5. The lowest BCUT2D eigenvalue weighted by Gasteiger charge is -2.36. The minimum Gasteiger partial charge on any atom is -0.381 e. The fourth-order valence-electron chi connectivity index (χ4n) is 3.14. The van der Waals surface area contributed by atoms with Gasteiger partial charge in [0.15, 0.2) is 0 Å². The monoisotopic (exact) mass is 331 g/mol. The van der Waals surface area contributed by atoms with Crippen LogP contribution in [0, 0.1) is 0 Å². The average molecular weight is 331 g/mol. The van der Waals surface area contributed by atoms with Crippen LogP contribution in [-0.2, 0) is 11.3 Å². The Bertz CT molecular complexity index is 589. The molecule has 2 aromatic rings. The number of ether oxygens (including phenoxy) is 1. The van der Waals surface area contributed by atoms with Crippen LogP contribution in [0.4, 0.5) is 0 Å². The van der Waals surface area contributed by atoms with Gasteiger partial charge >= 0.3 is 0 Å². The Morgan fingerprint density at radius 1 is 1.26 bits per heavy atom. The molecule has 0 saturated carbocycles. The zero-order valence-electron chi connectivity index (χ0n) is 13.7. The summed E-state index contributed by atoms with van der Waals surface area (Å²) in [4.78, 5) is 0. The molecular weight excluding hydrogens is 306 g/mol. The minimum atomic E-state index is 0.327. The van der Waals surface area contributed by atoms with Crippen LogP contribution in [0.5, 0.6) is 0 Å². The second kappa shape index (κ2) is 7.99. The van der Waals surface area contributed by atoms with Crippen LogP contribution in [0.1, 0.15) is 25.3 Å². The third-order valence-corrected chi connectivity index (χ3v) is 5.81. The molecule has 1 aromatic carbocycles. The lowest BCUT2D eigenvalue weighted by atomic mass is 9.99. The van der Waals surface area contributed by atoms with Crippen molar-refractivity contribution in [2.24, 2.45) is 0 Å². The molecule has 0 aliphatic carbocycles. The summed E-state index contributed by atoms with van der Waals surface area (Å²) in [7, 11) is 0. The van der Waals surface area contributed by atoms with Crippen LogP contribution < -0.4 is 5.32 Å². The third kappa shape index (κ3) is 4.16. The normalized spacial score (nSPS) is 17.3. The maximum Gasteiger partial charge on any atom is 0.0690 e. The van der Waals surface area contributed by atoms with E-state index in [4.69, 9.17) is 4.74 Å². The number of aromatic nitrogens is 2. The van der Waals surface area contributed by atoms with E-state index in [2.05, 4.69) is 53.4 Å². The first-order chi connectivity index (χ1) is 11.3. The zero-order chi connectivity index (χ0) is 16.0. The van der Waals surface area contributed by atoms with Crippen LogP contribution in [0.15, 0.2) is 42.7 Å². The molecule has 1 N–H and O–H groups in total. The lowest BCUT2D eigenvalue weighted by Crippen LogP contribution is -2.42. The molecule has 1 aliphatic heterocycles. The third-order valence-electron chi connectivity index (χ3n) is 4.36. The topological polar surface area (TPSA) is 39.1 Å². The van der Waals surface area contributed by atoms with Gasteiger partial charge in [-0.3, -0.25) is 0 Å². The van der Waals surface area contributed by atoms with Crippen LogP contribution in [0.2, 0.25) is 0 Å². The smallest absolute Gasteiger partial charge is 0.0690 e. The Kier molecular flexibility index (Phi) is 5.75. The minimum absolute atomic E-state index is 0.327. The molecule has 2 heterocycles. The maximum atomic E-state index is 5.55. The van der Waals surface area contributed by atoms with E-state index in [-0.39, 0.29) is 0 Å². The molecule has 0 spiro atoms. The van der Waals surface area contributed by atoms with Crippen molar-refractivity contribution < 1.29 is 4.74 Å². The summed E-state index contributed by atoms with van der Waals surface area (Å²) in [6.45, 7) is 5.91.